The number of nitrogens with one attached hydrogen (secondary N) is 2. The Morgan fingerprint density at radius 1 is 1.19 bits per heavy atom. The third-order valence-corrected chi connectivity index (χ3v) is 1.06. The van der Waals surface area contributed by atoms with Crippen LogP contribution in [0.25, 0.3) is 0 Å². The molecule has 0 atom stereocenters. The van der Waals surface area contributed by atoms with Crippen molar-refractivity contribution in [1.29, 1.82) is 0 Å². The van der Waals surface area contributed by atoms with E-state index >= 15 is 0 Å². The van der Waals surface area contributed by atoms with Gasteiger partial charge < -0.3 is 10.4 Å². The zero-order valence-corrected chi connectivity index (χ0v) is 7.67. The zero-order valence-electron chi connectivity index (χ0n) is 7.67. The lowest BCUT2D eigenvalue weighted by molar-refractivity contribution is -0.131. The molecule has 0 aliphatic rings. The molecule has 9 heteroatoms. The van der Waals surface area contributed by atoms with Gasteiger partial charge in [0.25, 0.3) is 5.91 Å². The molecule has 0 aliphatic carbocycles. The first-order valence-corrected chi connectivity index (χ1v) is 3.77. The summed E-state index contributed by atoms with van der Waals surface area (Å²) in [6, 6.07) is -1.36. The van der Waals surface area contributed by atoms with Crippen molar-refractivity contribution in [3.05, 3.63) is 12.2 Å². The van der Waals surface area contributed by atoms with Gasteiger partial charge in [-0.1, -0.05) is 0 Å². The Labute approximate surface area is 87.1 Å². The quantitative estimate of drug-likeness (QED) is 0.606. The number of rotatable bonds is 3. The van der Waals surface area contributed by atoms with E-state index in [0.717, 1.165) is 0 Å². The van der Waals surface area contributed by atoms with E-state index in [1.165, 1.54) is 10.6 Å². The number of carbonyl (C=O) groups excluding carboxylic acids is 2. The van der Waals surface area contributed by atoms with E-state index in [-0.39, 0.29) is 0 Å². The predicted octanol–water partition coefficient (Wildman–Crippen LogP) is 0.0153. The van der Waals surface area contributed by atoms with Gasteiger partial charge in [-0.3, -0.25) is 10.1 Å². The largest absolute Gasteiger partial charge is 0.478 e. The maximum absolute atomic E-state index is 11.6. The van der Waals surface area contributed by atoms with Crippen LogP contribution in [0.4, 0.5) is 18.0 Å². The molecule has 6 nitrogen and oxygen atoms in total. The molecule has 0 unspecified atom stereocenters. The van der Waals surface area contributed by atoms with Crippen LogP contribution >= 0.6 is 0 Å². The highest BCUT2D eigenvalue weighted by Gasteiger charge is 2.27. The van der Waals surface area contributed by atoms with Gasteiger partial charge >= 0.3 is 18.2 Å². The van der Waals surface area contributed by atoms with Gasteiger partial charge in [-0.25, -0.2) is 9.59 Å². The highest BCUT2D eigenvalue weighted by atomic mass is 19.4. The topological polar surface area (TPSA) is 95.5 Å². The lowest BCUT2D eigenvalue weighted by Gasteiger charge is -2.07. The summed E-state index contributed by atoms with van der Waals surface area (Å²) in [6.45, 7) is -1.59. The molecule has 3 amide bonds. The van der Waals surface area contributed by atoms with Crippen LogP contribution in [0.15, 0.2) is 12.2 Å². The summed E-state index contributed by atoms with van der Waals surface area (Å²) < 4.78 is 34.8. The number of alkyl halides is 3. The molecule has 90 valence electrons. The molecular formula is C7H7F3N2O4. The summed E-state index contributed by atoms with van der Waals surface area (Å²) in [4.78, 5) is 31.2. The van der Waals surface area contributed by atoms with Crippen molar-refractivity contribution in [2.45, 2.75) is 6.18 Å². The Morgan fingerprint density at radius 2 is 1.75 bits per heavy atom. The van der Waals surface area contributed by atoms with Gasteiger partial charge in [0.05, 0.1) is 0 Å². The third-order valence-electron chi connectivity index (χ3n) is 1.06. The molecule has 0 rings (SSSR count). The van der Waals surface area contributed by atoms with Crippen LogP contribution in [0.3, 0.4) is 0 Å². The van der Waals surface area contributed by atoms with Gasteiger partial charge in [-0.15, -0.1) is 0 Å². The van der Waals surface area contributed by atoms with Crippen molar-refractivity contribution in [2.75, 3.05) is 6.54 Å². The van der Waals surface area contributed by atoms with Gasteiger partial charge in [0.15, 0.2) is 0 Å². The highest BCUT2D eigenvalue weighted by molar-refractivity contribution is 6.02. The van der Waals surface area contributed by atoms with Gasteiger partial charge in [0, 0.05) is 12.2 Å². The van der Waals surface area contributed by atoms with Crippen LogP contribution in [-0.4, -0.2) is 35.7 Å². The second kappa shape index (κ2) is 5.73. The first kappa shape index (κ1) is 13.9. The van der Waals surface area contributed by atoms with E-state index in [4.69, 9.17) is 5.11 Å². The Kier molecular flexibility index (Phi) is 4.99. The summed E-state index contributed by atoms with van der Waals surface area (Å²) in [5.74, 6) is -2.56. The van der Waals surface area contributed by atoms with E-state index < -0.39 is 30.6 Å². The van der Waals surface area contributed by atoms with Gasteiger partial charge in [-0.2, -0.15) is 13.2 Å². The molecule has 0 aliphatic heterocycles. The fraction of sp³-hybridized carbons (Fsp3) is 0.286. The van der Waals surface area contributed by atoms with E-state index in [1.807, 2.05) is 0 Å². The molecule has 0 spiro atoms. The number of carboxylic acid groups (broad SMARTS) is 1. The molecular weight excluding hydrogens is 233 g/mol. The van der Waals surface area contributed by atoms with Gasteiger partial charge in [0.2, 0.25) is 0 Å². The normalized spacial score (nSPS) is 11.2. The number of carboxylic acids is 1. The van der Waals surface area contributed by atoms with Crippen molar-refractivity contribution < 1.29 is 32.7 Å². The Bertz CT molecular complexity index is 324. The number of aliphatic carboxylic acids is 1. The van der Waals surface area contributed by atoms with Crippen molar-refractivity contribution in [3.63, 3.8) is 0 Å². The minimum absolute atomic E-state index is 0.437. The molecule has 3 N–H and O–H groups in total. The summed E-state index contributed by atoms with van der Waals surface area (Å²) in [5, 5.41) is 10.9. The van der Waals surface area contributed by atoms with Crippen LogP contribution in [0.2, 0.25) is 0 Å². The van der Waals surface area contributed by atoms with E-state index in [0.29, 0.717) is 12.2 Å². The number of carbonyl (C=O) groups is 3. The fourth-order valence-electron chi connectivity index (χ4n) is 0.525. The fourth-order valence-corrected chi connectivity index (χ4v) is 0.525. The van der Waals surface area contributed by atoms with Gasteiger partial charge in [0.1, 0.15) is 6.54 Å². The maximum atomic E-state index is 11.6. The van der Waals surface area contributed by atoms with E-state index in [1.54, 1.807) is 0 Å². The standard InChI is InChI=1S/C7H7F3N2O4/c8-7(9,10)3-11-6(16)12-4(13)1-2-5(14)15/h1-2H,3H2,(H,14,15)(H2,11,12,13,16)/b2-1+. The molecule has 0 aromatic heterocycles. The highest BCUT2D eigenvalue weighted by Crippen LogP contribution is 2.11. The zero-order chi connectivity index (χ0) is 12.8. The molecule has 0 heterocycles. The summed E-state index contributed by atoms with van der Waals surface area (Å²) in [7, 11) is 0. The van der Waals surface area contributed by atoms with Crippen molar-refractivity contribution in [2.24, 2.45) is 0 Å². The molecule has 0 fully saturated rings. The number of amides is 3. The average molecular weight is 240 g/mol. The van der Waals surface area contributed by atoms with Crippen molar-refractivity contribution >= 4 is 17.9 Å². The lowest BCUT2D eigenvalue weighted by Crippen LogP contribution is -2.42. The lowest BCUT2D eigenvalue weighted by atomic mass is 10.5. The Hall–Kier alpha value is -2.06. The summed E-state index contributed by atoms with van der Waals surface area (Å²) in [5.41, 5.74) is 0. The molecule has 0 radical (unpaired) electrons. The molecule has 0 aromatic carbocycles. The minimum Gasteiger partial charge on any atom is -0.478 e. The number of halogens is 3. The third kappa shape index (κ3) is 8.53. The first-order valence-electron chi connectivity index (χ1n) is 3.77. The smallest absolute Gasteiger partial charge is 0.405 e. The predicted molar refractivity (Wildman–Crippen MR) is 44.4 cm³/mol. The number of hydrogen-bond acceptors (Lipinski definition) is 3. The number of urea groups is 1. The van der Waals surface area contributed by atoms with Crippen LogP contribution in [0.5, 0.6) is 0 Å². The van der Waals surface area contributed by atoms with Crippen molar-refractivity contribution in [1.82, 2.24) is 10.6 Å². The maximum Gasteiger partial charge on any atom is 0.405 e. The van der Waals surface area contributed by atoms with Crippen molar-refractivity contribution in [3.8, 4) is 0 Å². The number of hydrogen-bond donors (Lipinski definition) is 3. The van der Waals surface area contributed by atoms with E-state index in [2.05, 4.69) is 0 Å². The Morgan fingerprint density at radius 3 is 2.19 bits per heavy atom. The van der Waals surface area contributed by atoms with Crippen LogP contribution in [0, 0.1) is 0 Å². The second-order valence-electron chi connectivity index (χ2n) is 2.46. The number of imide groups is 1. The molecule has 0 aromatic rings. The minimum atomic E-state index is -4.59. The second-order valence-corrected chi connectivity index (χ2v) is 2.46. The average Bonchev–Trinajstić information content (AvgIpc) is 2.10. The van der Waals surface area contributed by atoms with Crippen LogP contribution in [0.1, 0.15) is 0 Å². The van der Waals surface area contributed by atoms with Crippen LogP contribution < -0.4 is 10.6 Å². The monoisotopic (exact) mass is 240 g/mol. The van der Waals surface area contributed by atoms with Crippen LogP contribution in [-0.2, 0) is 9.59 Å². The molecule has 0 saturated carbocycles. The Balaban J connectivity index is 3.97. The molecule has 0 bridgehead atoms. The van der Waals surface area contributed by atoms with Gasteiger partial charge in [-0.05, 0) is 0 Å². The summed E-state index contributed by atoms with van der Waals surface area (Å²) >= 11 is 0. The summed E-state index contributed by atoms with van der Waals surface area (Å²) in [6.07, 6.45) is -3.65. The van der Waals surface area contributed by atoms with E-state index in [9.17, 15) is 27.6 Å². The SMILES string of the molecule is O=C(O)/C=C/C(=O)NC(=O)NCC(F)(F)F. The first-order chi connectivity index (χ1) is 7.20. The molecule has 16 heavy (non-hydrogen) atoms. The molecule has 0 saturated heterocycles.